The first-order chi connectivity index (χ1) is 17.8. The number of nitrogens with one attached hydrogen (secondary N) is 1. The highest BCUT2D eigenvalue weighted by molar-refractivity contribution is 5.69. The summed E-state index contributed by atoms with van der Waals surface area (Å²) in [6.45, 7) is 7.40. The van der Waals surface area contributed by atoms with Gasteiger partial charge in [0, 0.05) is 24.7 Å². The van der Waals surface area contributed by atoms with Gasteiger partial charge in [0.2, 0.25) is 0 Å². The molecule has 0 spiro atoms. The third kappa shape index (κ3) is 5.78. The number of alkyl halides is 3. The van der Waals surface area contributed by atoms with E-state index in [2.05, 4.69) is 5.32 Å². The molecule has 1 fully saturated rings. The highest BCUT2D eigenvalue weighted by atomic mass is 19.4. The van der Waals surface area contributed by atoms with Gasteiger partial charge in [0.25, 0.3) is 0 Å². The average molecular weight is 535 g/mol. The molecular weight excluding hydrogens is 497 g/mol. The van der Waals surface area contributed by atoms with Crippen molar-refractivity contribution in [2.75, 3.05) is 20.3 Å². The Morgan fingerprint density at radius 3 is 2.53 bits per heavy atom. The van der Waals surface area contributed by atoms with E-state index in [4.69, 9.17) is 14.2 Å². The maximum atomic E-state index is 14.0. The average Bonchev–Trinajstić information content (AvgIpc) is 2.86. The zero-order valence-electron chi connectivity index (χ0n) is 22.7. The number of rotatable bonds is 5. The lowest BCUT2D eigenvalue weighted by molar-refractivity contribution is -0.281. The number of ether oxygens (including phenoxy) is 3. The molecule has 2 aliphatic heterocycles. The molecule has 0 bridgehead atoms. The van der Waals surface area contributed by atoms with Crippen LogP contribution in [-0.4, -0.2) is 49.1 Å². The molecule has 1 N–H and O–H groups in total. The number of carbonyl (C=O) groups excluding carboxylic acids is 1. The number of hydrogen-bond acceptors (Lipinski definition) is 5. The highest BCUT2D eigenvalue weighted by Crippen LogP contribution is 2.47. The van der Waals surface area contributed by atoms with E-state index >= 15 is 0 Å². The van der Waals surface area contributed by atoms with Crippen molar-refractivity contribution < 1.29 is 32.2 Å². The molecule has 1 saturated heterocycles. The molecule has 9 heteroatoms. The zero-order valence-corrected chi connectivity index (χ0v) is 22.7. The zero-order chi connectivity index (χ0) is 27.7. The number of likely N-dealkylation sites (tertiary alicyclic amines) is 1. The van der Waals surface area contributed by atoms with Crippen LogP contribution >= 0.6 is 0 Å². The molecule has 3 unspecified atom stereocenters. The molecule has 2 aromatic rings. The van der Waals surface area contributed by atoms with Crippen LogP contribution in [0.1, 0.15) is 68.8 Å². The van der Waals surface area contributed by atoms with Crippen molar-refractivity contribution >= 4 is 6.09 Å². The van der Waals surface area contributed by atoms with E-state index in [-0.39, 0.29) is 36.9 Å². The molecule has 38 heavy (non-hydrogen) atoms. The molecular formula is C29H37F3N2O4. The first-order valence-electron chi connectivity index (χ1n) is 13.0. The Morgan fingerprint density at radius 2 is 1.89 bits per heavy atom. The van der Waals surface area contributed by atoms with Gasteiger partial charge in [-0.25, -0.2) is 4.79 Å². The van der Waals surface area contributed by atoms with Gasteiger partial charge in [0.15, 0.2) is 5.60 Å². The number of carbonyl (C=O) groups is 1. The van der Waals surface area contributed by atoms with Crippen molar-refractivity contribution in [2.45, 2.75) is 83.0 Å². The molecule has 3 atom stereocenters. The van der Waals surface area contributed by atoms with E-state index < -0.39 is 17.4 Å². The van der Waals surface area contributed by atoms with Crippen molar-refractivity contribution in [3.63, 3.8) is 0 Å². The molecule has 0 aliphatic carbocycles. The van der Waals surface area contributed by atoms with Crippen LogP contribution in [0.4, 0.5) is 18.0 Å². The van der Waals surface area contributed by atoms with Crippen LogP contribution in [0.3, 0.4) is 0 Å². The van der Waals surface area contributed by atoms with E-state index in [0.717, 1.165) is 25.3 Å². The monoisotopic (exact) mass is 534 g/mol. The molecule has 0 aromatic heterocycles. The van der Waals surface area contributed by atoms with E-state index in [1.54, 1.807) is 17.0 Å². The summed E-state index contributed by atoms with van der Waals surface area (Å²) in [5.74, 6) is 0.527. The fraction of sp³-hybridized carbons (Fsp3) is 0.552. The maximum Gasteiger partial charge on any atom is 0.421 e. The Kier molecular flexibility index (Phi) is 8.00. The number of halogens is 3. The van der Waals surface area contributed by atoms with Crippen molar-refractivity contribution in [1.29, 1.82) is 0 Å². The minimum atomic E-state index is -4.56. The number of benzene rings is 2. The molecule has 0 radical (unpaired) electrons. The van der Waals surface area contributed by atoms with Crippen LogP contribution < -0.4 is 10.1 Å². The molecule has 0 saturated carbocycles. The largest absolute Gasteiger partial charge is 0.496 e. The van der Waals surface area contributed by atoms with Gasteiger partial charge < -0.3 is 19.5 Å². The first kappa shape index (κ1) is 28.2. The molecule has 1 amide bonds. The fourth-order valence-corrected chi connectivity index (χ4v) is 5.36. The van der Waals surface area contributed by atoms with Crippen LogP contribution in [-0.2, 0) is 28.0 Å². The summed E-state index contributed by atoms with van der Waals surface area (Å²) >= 11 is 0. The number of piperidine rings is 1. The van der Waals surface area contributed by atoms with Crippen LogP contribution in [0, 0.1) is 0 Å². The van der Waals surface area contributed by atoms with Gasteiger partial charge in [-0.15, -0.1) is 0 Å². The summed E-state index contributed by atoms with van der Waals surface area (Å²) in [6.07, 6.45) is -3.01. The van der Waals surface area contributed by atoms with Crippen LogP contribution in [0.5, 0.6) is 5.75 Å². The minimum absolute atomic E-state index is 0.00884. The second-order valence-corrected chi connectivity index (χ2v) is 11.1. The standard InChI is InChI=1S/C29H37F3N2O4/c1-27(2,3)38-26(35)34-14-9-12-23(25(34)19-10-7-6-8-11-19)33-18-21-16-22-20(17-24(21)36-5)13-15-37-28(22,4)29(30,31)32/h6-8,10-11,16-17,23,25,33H,9,12-15,18H2,1-5H3. The Hall–Kier alpha value is -2.78. The number of amides is 1. The highest BCUT2D eigenvalue weighted by Gasteiger charge is 2.56. The summed E-state index contributed by atoms with van der Waals surface area (Å²) < 4.78 is 58.7. The Bertz CT molecular complexity index is 1130. The second kappa shape index (κ2) is 10.8. The molecule has 208 valence electrons. The summed E-state index contributed by atoms with van der Waals surface area (Å²) in [6, 6.07) is 12.5. The molecule has 2 aliphatic rings. The Morgan fingerprint density at radius 1 is 1.18 bits per heavy atom. The van der Waals surface area contributed by atoms with E-state index in [0.29, 0.717) is 29.8 Å². The smallest absolute Gasteiger partial charge is 0.421 e. The Balaban J connectivity index is 1.64. The third-order valence-corrected chi connectivity index (χ3v) is 7.28. The van der Waals surface area contributed by atoms with Crippen LogP contribution in [0.15, 0.2) is 42.5 Å². The lowest BCUT2D eigenvalue weighted by Gasteiger charge is -2.42. The van der Waals surface area contributed by atoms with Gasteiger partial charge in [0.05, 0.1) is 19.8 Å². The van der Waals surface area contributed by atoms with Gasteiger partial charge in [-0.1, -0.05) is 30.3 Å². The predicted molar refractivity (Wildman–Crippen MR) is 138 cm³/mol. The van der Waals surface area contributed by atoms with Crippen LogP contribution in [0.25, 0.3) is 0 Å². The molecule has 4 rings (SSSR count). The van der Waals surface area contributed by atoms with Gasteiger partial charge in [-0.2, -0.15) is 13.2 Å². The van der Waals surface area contributed by atoms with Crippen molar-refractivity contribution in [2.24, 2.45) is 0 Å². The number of hydrogen-bond donors (Lipinski definition) is 1. The van der Waals surface area contributed by atoms with E-state index in [1.807, 2.05) is 51.1 Å². The summed E-state index contributed by atoms with van der Waals surface area (Å²) in [7, 11) is 1.52. The van der Waals surface area contributed by atoms with Gasteiger partial charge in [0.1, 0.15) is 11.4 Å². The quantitative estimate of drug-likeness (QED) is 0.490. The summed E-state index contributed by atoms with van der Waals surface area (Å²) in [4.78, 5) is 14.9. The summed E-state index contributed by atoms with van der Waals surface area (Å²) in [5.41, 5.74) is -0.755. The number of methoxy groups -OCH3 is 1. The third-order valence-electron chi connectivity index (χ3n) is 7.28. The molecule has 6 nitrogen and oxygen atoms in total. The topological polar surface area (TPSA) is 60.0 Å². The van der Waals surface area contributed by atoms with Crippen LogP contribution in [0.2, 0.25) is 0 Å². The van der Waals surface area contributed by atoms with E-state index in [9.17, 15) is 18.0 Å². The van der Waals surface area contributed by atoms with Crippen molar-refractivity contribution in [3.05, 3.63) is 64.7 Å². The van der Waals surface area contributed by atoms with Gasteiger partial charge in [-0.3, -0.25) is 4.90 Å². The van der Waals surface area contributed by atoms with Crippen molar-refractivity contribution in [1.82, 2.24) is 10.2 Å². The molecule has 2 heterocycles. The summed E-state index contributed by atoms with van der Waals surface area (Å²) in [5, 5.41) is 3.53. The lowest BCUT2D eigenvalue weighted by Crippen LogP contribution is -2.51. The number of nitrogens with zero attached hydrogens (tertiary/aromatic N) is 1. The first-order valence-corrected chi connectivity index (χ1v) is 13.0. The maximum absolute atomic E-state index is 14.0. The van der Waals surface area contributed by atoms with Crippen molar-refractivity contribution in [3.8, 4) is 5.75 Å². The SMILES string of the molecule is COc1cc2c(cc1CNC1CCCN(C(=O)OC(C)(C)C)C1c1ccccc1)C(C)(C(F)(F)F)OCC2. The van der Waals surface area contributed by atoms with Gasteiger partial charge in [-0.05, 0) is 75.8 Å². The lowest BCUT2D eigenvalue weighted by atomic mass is 9.85. The minimum Gasteiger partial charge on any atom is -0.496 e. The molecule has 2 aromatic carbocycles. The number of fused-ring (bicyclic) bond motifs is 1. The predicted octanol–water partition coefficient (Wildman–Crippen LogP) is 6.28. The van der Waals surface area contributed by atoms with E-state index in [1.165, 1.54) is 7.11 Å². The Labute approximate surface area is 222 Å². The van der Waals surface area contributed by atoms with Gasteiger partial charge >= 0.3 is 12.3 Å². The second-order valence-electron chi connectivity index (χ2n) is 11.1. The normalized spacial score (nSPS) is 24.1. The fourth-order valence-electron chi connectivity index (χ4n) is 5.36.